The molecule has 0 bridgehead atoms. The average Bonchev–Trinajstić information content (AvgIpc) is 2.36. The second-order valence-corrected chi connectivity index (χ2v) is 4.67. The van der Waals surface area contributed by atoms with E-state index in [1.807, 2.05) is 0 Å². The third kappa shape index (κ3) is 3.92. The van der Waals surface area contributed by atoms with E-state index in [2.05, 4.69) is 4.74 Å². The fourth-order valence-electron chi connectivity index (χ4n) is 1.64. The zero-order valence-electron chi connectivity index (χ0n) is 10.9. The second-order valence-electron chi connectivity index (χ2n) is 4.23. The van der Waals surface area contributed by atoms with Gasteiger partial charge in [0.2, 0.25) is 0 Å². The number of methoxy groups -OCH3 is 1. The zero-order chi connectivity index (χ0) is 14.6. The van der Waals surface area contributed by atoms with Crippen LogP contribution in [0.3, 0.4) is 0 Å². The van der Waals surface area contributed by atoms with Gasteiger partial charge < -0.3 is 9.64 Å². The van der Waals surface area contributed by atoms with Gasteiger partial charge in [0.15, 0.2) is 0 Å². The van der Waals surface area contributed by atoms with Crippen molar-refractivity contribution in [1.29, 1.82) is 0 Å². The molecular weight excluding hydrogens is 273 g/mol. The molecule has 0 aliphatic rings. The standard InChI is InChI=1S/C13H15ClFNO3/c1-8(13(18)19-3)7-16(2)12(17)10-5-4-9(14)6-11(10)15/h4-6,8H,7H2,1-3H3. The Morgan fingerprint density at radius 2 is 2.11 bits per heavy atom. The van der Waals surface area contributed by atoms with Crippen LogP contribution in [0, 0.1) is 11.7 Å². The minimum atomic E-state index is -0.685. The minimum absolute atomic E-state index is 0.0797. The first-order valence-electron chi connectivity index (χ1n) is 5.65. The lowest BCUT2D eigenvalue weighted by Crippen LogP contribution is -2.34. The van der Waals surface area contributed by atoms with Crippen molar-refractivity contribution in [3.63, 3.8) is 0 Å². The number of nitrogens with zero attached hydrogens (tertiary/aromatic N) is 1. The van der Waals surface area contributed by atoms with E-state index in [9.17, 15) is 14.0 Å². The third-order valence-electron chi connectivity index (χ3n) is 2.66. The number of benzene rings is 1. The molecule has 0 aliphatic carbocycles. The van der Waals surface area contributed by atoms with Gasteiger partial charge in [-0.2, -0.15) is 0 Å². The lowest BCUT2D eigenvalue weighted by Gasteiger charge is -2.20. The van der Waals surface area contributed by atoms with Crippen LogP contribution in [0.15, 0.2) is 18.2 Å². The monoisotopic (exact) mass is 287 g/mol. The molecule has 0 saturated heterocycles. The lowest BCUT2D eigenvalue weighted by molar-refractivity contribution is -0.145. The second kappa shape index (κ2) is 6.52. The predicted molar refractivity (Wildman–Crippen MR) is 69.6 cm³/mol. The van der Waals surface area contributed by atoms with Crippen LogP contribution >= 0.6 is 11.6 Å². The van der Waals surface area contributed by atoms with Crippen molar-refractivity contribution in [2.45, 2.75) is 6.92 Å². The third-order valence-corrected chi connectivity index (χ3v) is 2.89. The fourth-order valence-corrected chi connectivity index (χ4v) is 1.80. The molecule has 1 aromatic rings. The van der Waals surface area contributed by atoms with Gasteiger partial charge in [-0.15, -0.1) is 0 Å². The Labute approximate surface area is 116 Å². The van der Waals surface area contributed by atoms with E-state index in [-0.39, 0.29) is 17.1 Å². The summed E-state index contributed by atoms with van der Waals surface area (Å²) in [5, 5.41) is 0.222. The number of carbonyl (C=O) groups excluding carboxylic acids is 2. The van der Waals surface area contributed by atoms with Crippen LogP contribution in [0.25, 0.3) is 0 Å². The summed E-state index contributed by atoms with van der Waals surface area (Å²) in [5.41, 5.74) is -0.0797. The van der Waals surface area contributed by atoms with Crippen LogP contribution in [0.5, 0.6) is 0 Å². The highest BCUT2D eigenvalue weighted by Gasteiger charge is 2.21. The van der Waals surface area contributed by atoms with Gasteiger partial charge in [-0.25, -0.2) is 4.39 Å². The quantitative estimate of drug-likeness (QED) is 0.799. The number of amides is 1. The summed E-state index contributed by atoms with van der Waals surface area (Å²) in [5.74, 6) is -2.09. The molecule has 0 radical (unpaired) electrons. The van der Waals surface area contributed by atoms with Crippen LogP contribution in [0.2, 0.25) is 5.02 Å². The Hall–Kier alpha value is -1.62. The summed E-state index contributed by atoms with van der Waals surface area (Å²) in [6.45, 7) is 1.78. The van der Waals surface area contributed by atoms with Crippen LogP contribution in [-0.4, -0.2) is 37.5 Å². The molecule has 0 fully saturated rings. The van der Waals surface area contributed by atoms with Crippen molar-refractivity contribution in [2.24, 2.45) is 5.92 Å². The Kier molecular flexibility index (Phi) is 5.30. The van der Waals surface area contributed by atoms with Gasteiger partial charge in [-0.05, 0) is 18.2 Å². The van der Waals surface area contributed by atoms with Gasteiger partial charge in [0.05, 0.1) is 18.6 Å². The number of hydrogen-bond donors (Lipinski definition) is 0. The summed E-state index contributed by atoms with van der Waals surface area (Å²) < 4.78 is 18.2. The van der Waals surface area contributed by atoms with Crippen molar-refractivity contribution >= 4 is 23.5 Å². The van der Waals surface area contributed by atoms with Crippen LogP contribution in [0.1, 0.15) is 17.3 Å². The van der Waals surface area contributed by atoms with Crippen LogP contribution in [0.4, 0.5) is 4.39 Å². The van der Waals surface area contributed by atoms with Gasteiger partial charge >= 0.3 is 5.97 Å². The number of rotatable bonds is 4. The van der Waals surface area contributed by atoms with E-state index in [1.54, 1.807) is 6.92 Å². The van der Waals surface area contributed by atoms with Crippen molar-refractivity contribution in [3.05, 3.63) is 34.6 Å². The molecular formula is C13H15ClFNO3. The fraction of sp³-hybridized carbons (Fsp3) is 0.385. The lowest BCUT2D eigenvalue weighted by atomic mass is 10.1. The number of hydrogen-bond acceptors (Lipinski definition) is 3. The van der Waals surface area contributed by atoms with Gasteiger partial charge in [-0.1, -0.05) is 18.5 Å². The van der Waals surface area contributed by atoms with Crippen molar-refractivity contribution in [3.8, 4) is 0 Å². The van der Waals surface area contributed by atoms with Crippen LogP contribution in [-0.2, 0) is 9.53 Å². The van der Waals surface area contributed by atoms with E-state index in [0.29, 0.717) is 0 Å². The zero-order valence-corrected chi connectivity index (χ0v) is 11.7. The number of ether oxygens (including phenoxy) is 1. The highest BCUT2D eigenvalue weighted by molar-refractivity contribution is 6.30. The van der Waals surface area contributed by atoms with Gasteiger partial charge in [0.1, 0.15) is 5.82 Å². The number of halogens is 2. The van der Waals surface area contributed by atoms with Crippen LogP contribution < -0.4 is 0 Å². The minimum Gasteiger partial charge on any atom is -0.469 e. The first-order valence-corrected chi connectivity index (χ1v) is 6.03. The molecule has 1 rings (SSSR count). The molecule has 104 valence electrons. The van der Waals surface area contributed by atoms with E-state index in [1.165, 1.54) is 31.2 Å². The smallest absolute Gasteiger partial charge is 0.310 e. The molecule has 1 amide bonds. The predicted octanol–water partition coefficient (Wildman–Crippen LogP) is 2.36. The first-order chi connectivity index (χ1) is 8.86. The Bertz CT molecular complexity index is 493. The maximum atomic E-state index is 13.6. The molecule has 0 saturated carbocycles. The normalized spacial score (nSPS) is 11.8. The van der Waals surface area contributed by atoms with Crippen molar-refractivity contribution in [2.75, 3.05) is 20.7 Å². The molecule has 1 aromatic carbocycles. The number of carbonyl (C=O) groups is 2. The summed E-state index contributed by atoms with van der Waals surface area (Å²) in [7, 11) is 2.77. The van der Waals surface area contributed by atoms with E-state index in [0.717, 1.165) is 6.07 Å². The molecule has 1 unspecified atom stereocenters. The van der Waals surface area contributed by atoms with E-state index in [4.69, 9.17) is 11.6 Å². The Morgan fingerprint density at radius 3 is 2.63 bits per heavy atom. The number of esters is 1. The highest BCUT2D eigenvalue weighted by Crippen LogP contribution is 2.16. The SMILES string of the molecule is COC(=O)C(C)CN(C)C(=O)c1ccc(Cl)cc1F. The van der Waals surface area contributed by atoms with Crippen molar-refractivity contribution in [1.82, 2.24) is 4.90 Å². The molecule has 0 aliphatic heterocycles. The van der Waals surface area contributed by atoms with Gasteiger partial charge in [0, 0.05) is 18.6 Å². The largest absolute Gasteiger partial charge is 0.469 e. The van der Waals surface area contributed by atoms with Crippen molar-refractivity contribution < 1.29 is 18.7 Å². The molecule has 19 heavy (non-hydrogen) atoms. The van der Waals surface area contributed by atoms with E-state index < -0.39 is 23.6 Å². The maximum Gasteiger partial charge on any atom is 0.310 e. The molecule has 0 aromatic heterocycles. The average molecular weight is 288 g/mol. The van der Waals surface area contributed by atoms with Gasteiger partial charge in [-0.3, -0.25) is 9.59 Å². The summed E-state index contributed by atoms with van der Waals surface area (Å²) in [6.07, 6.45) is 0. The highest BCUT2D eigenvalue weighted by atomic mass is 35.5. The summed E-state index contributed by atoms with van der Waals surface area (Å²) >= 11 is 5.62. The molecule has 0 spiro atoms. The summed E-state index contributed by atoms with van der Waals surface area (Å²) in [4.78, 5) is 24.6. The topological polar surface area (TPSA) is 46.6 Å². The Balaban J connectivity index is 2.79. The summed E-state index contributed by atoms with van der Waals surface area (Å²) in [6, 6.07) is 3.83. The molecule has 4 nitrogen and oxygen atoms in total. The molecule has 0 N–H and O–H groups in total. The Morgan fingerprint density at radius 1 is 1.47 bits per heavy atom. The molecule has 0 heterocycles. The van der Waals surface area contributed by atoms with E-state index >= 15 is 0 Å². The molecule has 1 atom stereocenters. The maximum absolute atomic E-state index is 13.6. The molecule has 6 heteroatoms. The first kappa shape index (κ1) is 15.4. The van der Waals surface area contributed by atoms with Gasteiger partial charge in [0.25, 0.3) is 5.91 Å².